The second kappa shape index (κ2) is 6.43. The van der Waals surface area contributed by atoms with Gasteiger partial charge in [0.25, 0.3) is 0 Å². The van der Waals surface area contributed by atoms with Crippen LogP contribution in [0.5, 0.6) is 0 Å². The first-order valence-corrected chi connectivity index (χ1v) is 7.87. The first-order chi connectivity index (χ1) is 9.08. The standard InChI is InChI=1S/C13H14BrNO3S/c14-10-3-1-9(2-4-10)7-12(16)15-5-6-19-8-11(15)13(17)18/h1-4,11H,5-8H2,(H,17,18). The lowest BCUT2D eigenvalue weighted by atomic mass is 10.1. The lowest BCUT2D eigenvalue weighted by Gasteiger charge is -2.32. The summed E-state index contributed by atoms with van der Waals surface area (Å²) in [6.07, 6.45) is 0.252. The average Bonchev–Trinajstić information content (AvgIpc) is 2.41. The molecule has 1 aromatic carbocycles. The first-order valence-electron chi connectivity index (χ1n) is 5.92. The van der Waals surface area contributed by atoms with E-state index in [0.717, 1.165) is 15.8 Å². The number of rotatable bonds is 3. The Kier molecular flexibility index (Phi) is 4.87. The van der Waals surface area contributed by atoms with Gasteiger partial charge in [-0.05, 0) is 17.7 Å². The van der Waals surface area contributed by atoms with E-state index in [9.17, 15) is 9.59 Å². The van der Waals surface area contributed by atoms with E-state index in [1.807, 2.05) is 24.3 Å². The van der Waals surface area contributed by atoms with Crippen molar-refractivity contribution in [3.8, 4) is 0 Å². The summed E-state index contributed by atoms with van der Waals surface area (Å²) in [4.78, 5) is 24.8. The summed E-state index contributed by atoms with van der Waals surface area (Å²) >= 11 is 4.92. The summed E-state index contributed by atoms with van der Waals surface area (Å²) in [5, 5.41) is 9.15. The highest BCUT2D eigenvalue weighted by Gasteiger charge is 2.32. The molecule has 2 rings (SSSR count). The monoisotopic (exact) mass is 343 g/mol. The zero-order chi connectivity index (χ0) is 13.8. The van der Waals surface area contributed by atoms with Crippen LogP contribution in [0.4, 0.5) is 0 Å². The number of hydrogen-bond acceptors (Lipinski definition) is 3. The van der Waals surface area contributed by atoms with Crippen molar-refractivity contribution in [2.75, 3.05) is 18.1 Å². The van der Waals surface area contributed by atoms with Gasteiger partial charge in [0.2, 0.25) is 5.91 Å². The fourth-order valence-electron chi connectivity index (χ4n) is 1.99. The third kappa shape index (κ3) is 3.73. The van der Waals surface area contributed by atoms with Crippen LogP contribution in [0.1, 0.15) is 5.56 Å². The van der Waals surface area contributed by atoms with E-state index in [0.29, 0.717) is 12.3 Å². The predicted octanol–water partition coefficient (Wildman–Crippen LogP) is 2.02. The molecule has 1 heterocycles. The molecular formula is C13H14BrNO3S. The number of halogens is 1. The molecule has 1 N–H and O–H groups in total. The van der Waals surface area contributed by atoms with Crippen LogP contribution >= 0.6 is 27.7 Å². The number of thioether (sulfide) groups is 1. The van der Waals surface area contributed by atoms with Crippen LogP contribution in [0.25, 0.3) is 0 Å². The van der Waals surface area contributed by atoms with Gasteiger partial charge in [0.05, 0.1) is 6.42 Å². The van der Waals surface area contributed by atoms with Crippen molar-refractivity contribution in [3.05, 3.63) is 34.3 Å². The third-order valence-electron chi connectivity index (χ3n) is 3.00. The van der Waals surface area contributed by atoms with Gasteiger partial charge in [-0.25, -0.2) is 4.79 Å². The van der Waals surface area contributed by atoms with Gasteiger partial charge in [-0.3, -0.25) is 4.79 Å². The zero-order valence-electron chi connectivity index (χ0n) is 10.2. The second-order valence-corrected chi connectivity index (χ2v) is 6.38. The number of aliphatic carboxylic acids is 1. The number of amides is 1. The average molecular weight is 344 g/mol. The Hall–Kier alpha value is -1.01. The Morgan fingerprint density at radius 3 is 2.68 bits per heavy atom. The van der Waals surface area contributed by atoms with Crippen LogP contribution in [0.15, 0.2) is 28.7 Å². The number of carboxylic acid groups (broad SMARTS) is 1. The molecular weight excluding hydrogens is 330 g/mol. The molecule has 19 heavy (non-hydrogen) atoms. The molecule has 0 aliphatic carbocycles. The Morgan fingerprint density at radius 2 is 2.05 bits per heavy atom. The minimum Gasteiger partial charge on any atom is -0.480 e. The summed E-state index contributed by atoms with van der Waals surface area (Å²) < 4.78 is 0.960. The van der Waals surface area contributed by atoms with E-state index < -0.39 is 12.0 Å². The van der Waals surface area contributed by atoms with Gasteiger partial charge in [0.15, 0.2) is 0 Å². The topological polar surface area (TPSA) is 57.6 Å². The Balaban J connectivity index is 2.05. The van der Waals surface area contributed by atoms with Crippen molar-refractivity contribution >= 4 is 39.6 Å². The van der Waals surface area contributed by atoms with Crippen molar-refractivity contribution in [2.45, 2.75) is 12.5 Å². The molecule has 0 spiro atoms. The smallest absolute Gasteiger partial charge is 0.327 e. The molecule has 1 amide bonds. The van der Waals surface area contributed by atoms with Crippen molar-refractivity contribution in [1.29, 1.82) is 0 Å². The van der Waals surface area contributed by atoms with Crippen molar-refractivity contribution in [1.82, 2.24) is 4.90 Å². The maximum atomic E-state index is 12.2. The molecule has 0 radical (unpaired) electrons. The van der Waals surface area contributed by atoms with Crippen LogP contribution in [0, 0.1) is 0 Å². The van der Waals surface area contributed by atoms with E-state index in [1.54, 1.807) is 11.8 Å². The number of hydrogen-bond donors (Lipinski definition) is 1. The second-order valence-electron chi connectivity index (χ2n) is 4.32. The quantitative estimate of drug-likeness (QED) is 0.912. The summed E-state index contributed by atoms with van der Waals surface area (Å²) in [6, 6.07) is 6.81. The molecule has 1 saturated heterocycles. The van der Waals surface area contributed by atoms with Gasteiger partial charge in [-0.15, -0.1) is 0 Å². The van der Waals surface area contributed by atoms with Gasteiger partial charge in [0, 0.05) is 22.5 Å². The molecule has 1 aliphatic heterocycles. The molecule has 1 unspecified atom stereocenters. The fourth-order valence-corrected chi connectivity index (χ4v) is 3.29. The van der Waals surface area contributed by atoms with E-state index in [4.69, 9.17) is 5.11 Å². The number of benzene rings is 1. The van der Waals surface area contributed by atoms with Gasteiger partial charge >= 0.3 is 5.97 Å². The van der Waals surface area contributed by atoms with E-state index in [2.05, 4.69) is 15.9 Å². The van der Waals surface area contributed by atoms with E-state index in [1.165, 1.54) is 4.90 Å². The van der Waals surface area contributed by atoms with Gasteiger partial charge in [-0.2, -0.15) is 11.8 Å². The van der Waals surface area contributed by atoms with Crippen LogP contribution in [0.3, 0.4) is 0 Å². The number of carbonyl (C=O) groups excluding carboxylic acids is 1. The van der Waals surface area contributed by atoms with Crippen molar-refractivity contribution in [2.24, 2.45) is 0 Å². The molecule has 1 aromatic rings. The SMILES string of the molecule is O=C(O)C1CSCCN1C(=O)Cc1ccc(Br)cc1. The number of nitrogens with zero attached hydrogens (tertiary/aromatic N) is 1. The molecule has 1 aliphatic rings. The predicted molar refractivity (Wildman–Crippen MR) is 78.3 cm³/mol. The molecule has 1 fully saturated rings. The fraction of sp³-hybridized carbons (Fsp3) is 0.385. The molecule has 0 saturated carbocycles. The first kappa shape index (κ1) is 14.4. The normalized spacial score (nSPS) is 19.2. The molecule has 102 valence electrons. The summed E-state index contributed by atoms with van der Waals surface area (Å²) in [7, 11) is 0. The highest BCUT2D eigenvalue weighted by molar-refractivity contribution is 9.10. The van der Waals surface area contributed by atoms with Gasteiger partial charge < -0.3 is 10.0 Å². The minimum absolute atomic E-state index is 0.116. The summed E-state index contributed by atoms with van der Waals surface area (Å²) in [6.45, 7) is 0.511. The third-order valence-corrected chi connectivity index (χ3v) is 4.55. The largest absolute Gasteiger partial charge is 0.480 e. The maximum Gasteiger partial charge on any atom is 0.327 e. The van der Waals surface area contributed by atoms with Crippen LogP contribution in [-0.2, 0) is 16.0 Å². The molecule has 0 aromatic heterocycles. The molecule has 1 atom stereocenters. The van der Waals surface area contributed by atoms with Crippen LogP contribution in [-0.4, -0.2) is 46.0 Å². The van der Waals surface area contributed by atoms with Crippen LogP contribution in [0.2, 0.25) is 0 Å². The highest BCUT2D eigenvalue weighted by atomic mass is 79.9. The van der Waals surface area contributed by atoms with Crippen LogP contribution < -0.4 is 0 Å². The van der Waals surface area contributed by atoms with Crippen molar-refractivity contribution in [3.63, 3.8) is 0 Å². The highest BCUT2D eigenvalue weighted by Crippen LogP contribution is 2.18. The maximum absolute atomic E-state index is 12.2. The van der Waals surface area contributed by atoms with Gasteiger partial charge in [-0.1, -0.05) is 28.1 Å². The van der Waals surface area contributed by atoms with E-state index >= 15 is 0 Å². The Labute approximate surface area is 124 Å². The summed E-state index contributed by atoms with van der Waals surface area (Å²) in [5.41, 5.74) is 0.899. The lowest BCUT2D eigenvalue weighted by Crippen LogP contribution is -2.50. The number of carboxylic acids is 1. The summed E-state index contributed by atoms with van der Waals surface area (Å²) in [5.74, 6) is 0.239. The van der Waals surface area contributed by atoms with Gasteiger partial charge in [0.1, 0.15) is 6.04 Å². The molecule has 4 nitrogen and oxygen atoms in total. The zero-order valence-corrected chi connectivity index (χ0v) is 12.6. The Bertz CT molecular complexity index is 477. The molecule has 0 bridgehead atoms. The van der Waals surface area contributed by atoms with Crippen molar-refractivity contribution < 1.29 is 14.7 Å². The Morgan fingerprint density at radius 1 is 1.37 bits per heavy atom. The number of carbonyl (C=O) groups is 2. The molecule has 6 heteroatoms. The van der Waals surface area contributed by atoms with E-state index in [-0.39, 0.29) is 12.3 Å². The minimum atomic E-state index is -0.920. The lowest BCUT2D eigenvalue weighted by molar-refractivity contribution is -0.148.